The molecule has 1 fully saturated rings. The Morgan fingerprint density at radius 3 is 2.35 bits per heavy atom. The molecule has 1 unspecified atom stereocenters. The number of hydrogen-bond acceptors (Lipinski definition) is 8. The zero-order valence-electron chi connectivity index (χ0n) is 23.7. The van der Waals surface area contributed by atoms with E-state index in [1.807, 2.05) is 6.07 Å². The van der Waals surface area contributed by atoms with Crippen molar-refractivity contribution in [2.24, 2.45) is 0 Å². The summed E-state index contributed by atoms with van der Waals surface area (Å²) in [6, 6.07) is 22.4. The molecule has 1 atom stereocenters. The van der Waals surface area contributed by atoms with E-state index in [0.29, 0.717) is 12.2 Å². The highest BCUT2D eigenvalue weighted by molar-refractivity contribution is 5.48. The number of benzene rings is 3. The summed E-state index contributed by atoms with van der Waals surface area (Å²) < 4.78 is 31.4. The highest BCUT2D eigenvalue weighted by atomic mass is 19.1. The Labute approximate surface area is 248 Å². The SMILES string of the molecule is OC(Cn1cncn1)(Cn1nnnc1CCN1CCN(c2ccc(Cc3ccccc3)cc2)CC1)c1ccc(F)cc1F. The van der Waals surface area contributed by atoms with Crippen LogP contribution in [0.5, 0.6) is 0 Å². The minimum absolute atomic E-state index is 0.0740. The van der Waals surface area contributed by atoms with E-state index in [-0.39, 0.29) is 18.7 Å². The van der Waals surface area contributed by atoms with Gasteiger partial charge in [-0.1, -0.05) is 48.5 Å². The molecule has 5 aromatic rings. The number of tetrazole rings is 1. The van der Waals surface area contributed by atoms with E-state index in [4.69, 9.17) is 0 Å². The Morgan fingerprint density at radius 1 is 0.860 bits per heavy atom. The topological polar surface area (TPSA) is 101 Å². The molecule has 0 bridgehead atoms. The third-order valence-electron chi connectivity index (χ3n) is 7.92. The fourth-order valence-corrected chi connectivity index (χ4v) is 5.59. The summed E-state index contributed by atoms with van der Waals surface area (Å²) in [7, 11) is 0. The van der Waals surface area contributed by atoms with Crippen LogP contribution in [0.15, 0.2) is 85.5 Å². The van der Waals surface area contributed by atoms with Gasteiger partial charge in [-0.2, -0.15) is 5.10 Å². The largest absolute Gasteiger partial charge is 0.381 e. The first-order valence-electron chi connectivity index (χ1n) is 14.3. The van der Waals surface area contributed by atoms with E-state index in [2.05, 4.69) is 83.9 Å². The molecule has 0 saturated carbocycles. The number of anilines is 1. The number of rotatable bonds is 11. The average Bonchev–Trinajstić information content (AvgIpc) is 3.69. The molecule has 0 radical (unpaired) electrons. The number of hydrogen-bond donors (Lipinski definition) is 1. The molecule has 1 aliphatic rings. The molecule has 0 spiro atoms. The lowest BCUT2D eigenvalue weighted by atomic mass is 9.92. The monoisotopic (exact) mass is 585 g/mol. The molecule has 6 rings (SSSR count). The van der Waals surface area contributed by atoms with Crippen LogP contribution in [-0.4, -0.2) is 77.7 Å². The van der Waals surface area contributed by atoms with E-state index in [9.17, 15) is 13.9 Å². The highest BCUT2D eigenvalue weighted by Gasteiger charge is 2.35. The maximum absolute atomic E-state index is 14.8. The van der Waals surface area contributed by atoms with Crippen molar-refractivity contribution in [1.29, 1.82) is 0 Å². The third kappa shape index (κ3) is 6.92. The smallest absolute Gasteiger partial charge is 0.152 e. The number of aliphatic hydroxyl groups is 1. The first-order valence-corrected chi connectivity index (χ1v) is 14.3. The van der Waals surface area contributed by atoms with Gasteiger partial charge in [-0.3, -0.25) is 4.90 Å². The van der Waals surface area contributed by atoms with Crippen molar-refractivity contribution in [2.45, 2.75) is 31.5 Å². The maximum atomic E-state index is 14.8. The van der Waals surface area contributed by atoms with Crippen LogP contribution >= 0.6 is 0 Å². The van der Waals surface area contributed by atoms with Gasteiger partial charge in [0.2, 0.25) is 0 Å². The second-order valence-corrected chi connectivity index (χ2v) is 10.9. The van der Waals surface area contributed by atoms with Gasteiger partial charge < -0.3 is 10.0 Å². The molecule has 0 aliphatic carbocycles. The molecular weight excluding hydrogens is 552 g/mol. The van der Waals surface area contributed by atoms with E-state index < -0.39 is 17.2 Å². The Kier molecular flexibility index (Phi) is 8.47. The fraction of sp³-hybridized carbons (Fsp3) is 0.323. The van der Waals surface area contributed by atoms with Crippen LogP contribution in [0.25, 0.3) is 0 Å². The van der Waals surface area contributed by atoms with Gasteiger partial charge in [0.05, 0.1) is 13.1 Å². The molecular formula is C31H33F2N9O. The molecule has 1 aliphatic heterocycles. The molecule has 3 heterocycles. The standard InChI is InChI=1S/C31H33F2N9O/c32-26-8-11-28(29(33)19-26)31(43,20-41-23-34-22-35-41)21-42-30(36-37-38-42)12-13-39-14-16-40(17-15-39)27-9-6-25(7-10-27)18-24-4-2-1-3-5-24/h1-11,19,22-23,43H,12-18,20-21H2. The summed E-state index contributed by atoms with van der Waals surface area (Å²) >= 11 is 0. The van der Waals surface area contributed by atoms with Crippen molar-refractivity contribution in [2.75, 3.05) is 37.6 Å². The van der Waals surface area contributed by atoms with Gasteiger partial charge in [-0.15, -0.1) is 5.10 Å². The number of piperazine rings is 1. The van der Waals surface area contributed by atoms with Crippen molar-refractivity contribution in [1.82, 2.24) is 39.9 Å². The molecule has 0 amide bonds. The first-order chi connectivity index (χ1) is 20.9. The van der Waals surface area contributed by atoms with Gasteiger partial charge in [-0.05, 0) is 46.2 Å². The van der Waals surface area contributed by atoms with Gasteiger partial charge in [0.1, 0.15) is 29.9 Å². The molecule has 1 saturated heterocycles. The molecule has 1 N–H and O–H groups in total. The van der Waals surface area contributed by atoms with Gasteiger partial charge >= 0.3 is 0 Å². The molecule has 10 nitrogen and oxygen atoms in total. The Morgan fingerprint density at radius 2 is 1.63 bits per heavy atom. The fourth-order valence-electron chi connectivity index (χ4n) is 5.59. The number of nitrogens with zero attached hydrogens (tertiary/aromatic N) is 9. The molecule has 3 aromatic carbocycles. The quantitative estimate of drug-likeness (QED) is 0.253. The number of aromatic nitrogens is 7. The Balaban J connectivity index is 1.06. The van der Waals surface area contributed by atoms with Crippen molar-refractivity contribution < 1.29 is 13.9 Å². The van der Waals surface area contributed by atoms with Crippen LogP contribution in [0.2, 0.25) is 0 Å². The Bertz CT molecular complexity index is 1600. The zero-order chi connectivity index (χ0) is 29.6. The summed E-state index contributed by atoms with van der Waals surface area (Å²) in [5.74, 6) is -1.02. The van der Waals surface area contributed by atoms with Crippen LogP contribution in [0.3, 0.4) is 0 Å². The predicted molar refractivity (Wildman–Crippen MR) is 156 cm³/mol. The van der Waals surface area contributed by atoms with Gasteiger partial charge in [-0.25, -0.2) is 23.1 Å². The predicted octanol–water partition coefficient (Wildman–Crippen LogP) is 3.09. The zero-order valence-corrected chi connectivity index (χ0v) is 23.7. The van der Waals surface area contributed by atoms with Gasteiger partial charge in [0.25, 0.3) is 0 Å². The molecule has 2 aromatic heterocycles. The summed E-state index contributed by atoms with van der Waals surface area (Å²) in [6.07, 6.45) is 4.22. The van der Waals surface area contributed by atoms with Crippen LogP contribution in [0.1, 0.15) is 22.5 Å². The van der Waals surface area contributed by atoms with E-state index >= 15 is 0 Å². The Hall–Kier alpha value is -4.55. The second-order valence-electron chi connectivity index (χ2n) is 10.9. The molecule has 43 heavy (non-hydrogen) atoms. The average molecular weight is 586 g/mol. The summed E-state index contributed by atoms with van der Waals surface area (Å²) in [6.45, 7) is 4.07. The lowest BCUT2D eigenvalue weighted by Gasteiger charge is -2.36. The minimum atomic E-state index is -1.81. The second kappa shape index (κ2) is 12.8. The van der Waals surface area contributed by atoms with E-state index in [1.54, 1.807) is 0 Å². The third-order valence-corrected chi connectivity index (χ3v) is 7.92. The minimum Gasteiger partial charge on any atom is -0.381 e. The lowest BCUT2D eigenvalue weighted by Crippen LogP contribution is -2.47. The summed E-state index contributed by atoms with van der Waals surface area (Å²) in [5, 5.41) is 27.8. The van der Waals surface area contributed by atoms with E-state index in [0.717, 1.165) is 51.3 Å². The van der Waals surface area contributed by atoms with Gasteiger partial charge in [0.15, 0.2) is 5.82 Å². The maximum Gasteiger partial charge on any atom is 0.152 e. The van der Waals surface area contributed by atoms with Crippen molar-refractivity contribution in [3.05, 3.63) is 120 Å². The van der Waals surface area contributed by atoms with Crippen LogP contribution < -0.4 is 4.90 Å². The van der Waals surface area contributed by atoms with Crippen molar-refractivity contribution >= 4 is 5.69 Å². The van der Waals surface area contributed by atoms with Crippen molar-refractivity contribution in [3.63, 3.8) is 0 Å². The molecule has 222 valence electrons. The van der Waals surface area contributed by atoms with Gasteiger partial charge in [0, 0.05) is 56.5 Å². The molecule has 12 heteroatoms. The normalized spacial score (nSPS) is 15.5. The highest BCUT2D eigenvalue weighted by Crippen LogP contribution is 2.29. The number of halogens is 2. The summed E-state index contributed by atoms with van der Waals surface area (Å²) in [5.41, 5.74) is 1.94. The van der Waals surface area contributed by atoms with Crippen molar-refractivity contribution in [3.8, 4) is 0 Å². The first kappa shape index (κ1) is 28.6. The lowest BCUT2D eigenvalue weighted by molar-refractivity contribution is -0.00975. The van der Waals surface area contributed by atoms with E-state index in [1.165, 1.54) is 44.9 Å². The van der Waals surface area contributed by atoms with Crippen LogP contribution in [-0.2, 0) is 31.5 Å². The van der Waals surface area contributed by atoms with Crippen LogP contribution in [0.4, 0.5) is 14.5 Å². The summed E-state index contributed by atoms with van der Waals surface area (Å²) in [4.78, 5) is 8.67. The van der Waals surface area contributed by atoms with Crippen LogP contribution in [0, 0.1) is 11.6 Å².